The predicted octanol–water partition coefficient (Wildman–Crippen LogP) is -0.609. The van der Waals surface area contributed by atoms with E-state index < -0.39 is 23.5 Å². The van der Waals surface area contributed by atoms with Gasteiger partial charge in [0.25, 0.3) is 17.7 Å². The number of carbonyl (C=O) groups excluding carboxylic acids is 3. The normalized spacial score (nSPS) is 28.6. The van der Waals surface area contributed by atoms with Crippen molar-refractivity contribution in [3.63, 3.8) is 0 Å². The number of rotatable bonds is 1. The van der Waals surface area contributed by atoms with E-state index in [1.54, 1.807) is 18.2 Å². The van der Waals surface area contributed by atoms with Crippen molar-refractivity contribution in [3.8, 4) is 0 Å². The van der Waals surface area contributed by atoms with E-state index in [1.807, 2.05) is 0 Å². The Bertz CT molecular complexity index is 672. The van der Waals surface area contributed by atoms with Crippen molar-refractivity contribution >= 4 is 23.4 Å². The van der Waals surface area contributed by atoms with Gasteiger partial charge in [-0.3, -0.25) is 19.7 Å². The molecule has 2 aliphatic rings. The van der Waals surface area contributed by atoms with Crippen LogP contribution in [-0.2, 0) is 16.1 Å². The molecule has 0 bridgehead atoms. The van der Waals surface area contributed by atoms with Crippen molar-refractivity contribution in [3.05, 3.63) is 29.3 Å². The molecule has 7 heteroatoms. The van der Waals surface area contributed by atoms with E-state index in [-0.39, 0.29) is 18.9 Å². The minimum absolute atomic E-state index is 0.128. The van der Waals surface area contributed by atoms with Crippen LogP contribution < -0.4 is 11.1 Å². The topological polar surface area (TPSA) is 113 Å². The van der Waals surface area contributed by atoms with Crippen molar-refractivity contribution < 1.29 is 19.5 Å². The number of anilines is 1. The average molecular weight is 289 g/mol. The second-order valence-corrected chi connectivity index (χ2v) is 5.58. The third-order valence-corrected chi connectivity index (χ3v) is 4.22. The number of nitrogens with one attached hydrogen (secondary N) is 1. The van der Waals surface area contributed by atoms with E-state index in [0.29, 0.717) is 16.8 Å². The highest BCUT2D eigenvalue weighted by Gasteiger charge is 2.51. The molecule has 3 amide bonds. The molecule has 3 rings (SSSR count). The van der Waals surface area contributed by atoms with Gasteiger partial charge in [0.2, 0.25) is 0 Å². The van der Waals surface area contributed by atoms with Crippen molar-refractivity contribution in [1.29, 1.82) is 0 Å². The zero-order chi connectivity index (χ0) is 15.4. The first-order valence-corrected chi connectivity index (χ1v) is 6.57. The zero-order valence-electron chi connectivity index (χ0n) is 11.4. The van der Waals surface area contributed by atoms with Gasteiger partial charge in [0.15, 0.2) is 0 Å². The summed E-state index contributed by atoms with van der Waals surface area (Å²) in [5, 5.41) is 11.8. The first-order valence-electron chi connectivity index (χ1n) is 6.57. The molecule has 21 heavy (non-hydrogen) atoms. The summed E-state index contributed by atoms with van der Waals surface area (Å²) in [7, 11) is 0. The third kappa shape index (κ3) is 1.81. The zero-order valence-corrected chi connectivity index (χ0v) is 11.4. The molecule has 0 radical (unpaired) electrons. The number of aliphatic hydroxyl groups is 1. The second-order valence-electron chi connectivity index (χ2n) is 5.58. The van der Waals surface area contributed by atoms with Gasteiger partial charge in [0.1, 0.15) is 11.6 Å². The molecule has 0 spiro atoms. The number of aliphatic hydroxyl groups excluding tert-OH is 1. The molecule has 2 atom stereocenters. The van der Waals surface area contributed by atoms with Gasteiger partial charge >= 0.3 is 0 Å². The van der Waals surface area contributed by atoms with Crippen molar-refractivity contribution in [2.45, 2.75) is 31.5 Å². The maximum absolute atomic E-state index is 12.5. The molecule has 0 saturated carbocycles. The molecule has 1 aromatic carbocycles. The highest BCUT2D eigenvalue weighted by Crippen LogP contribution is 2.36. The molecular weight excluding hydrogens is 274 g/mol. The summed E-state index contributed by atoms with van der Waals surface area (Å²) in [6, 6.07) is 5.02. The van der Waals surface area contributed by atoms with E-state index in [0.717, 1.165) is 0 Å². The number of nitrogens with two attached hydrogens (primary N) is 1. The monoisotopic (exact) mass is 289 g/mol. The fraction of sp³-hybridized carbons (Fsp3) is 0.357. The maximum atomic E-state index is 12.5. The summed E-state index contributed by atoms with van der Waals surface area (Å²) in [4.78, 5) is 37.4. The SMILES string of the molecule is CC1(N2Cc3c(N)cccc3C2=O)CC(O)C(=O)NC1=O. The summed E-state index contributed by atoms with van der Waals surface area (Å²) >= 11 is 0. The number of amides is 3. The fourth-order valence-electron chi connectivity index (χ4n) is 2.88. The Labute approximate surface area is 120 Å². The number of nitrogen functional groups attached to an aromatic ring is 1. The Hall–Kier alpha value is -2.41. The first kappa shape index (κ1) is 13.6. The lowest BCUT2D eigenvalue weighted by Crippen LogP contribution is -2.65. The van der Waals surface area contributed by atoms with Crippen LogP contribution in [0.15, 0.2) is 18.2 Å². The molecule has 0 aromatic heterocycles. The van der Waals surface area contributed by atoms with Gasteiger partial charge in [-0.25, -0.2) is 0 Å². The van der Waals surface area contributed by atoms with Crippen molar-refractivity contribution in [2.75, 3.05) is 5.73 Å². The average Bonchev–Trinajstić information content (AvgIpc) is 2.77. The smallest absolute Gasteiger partial charge is 0.255 e. The van der Waals surface area contributed by atoms with Gasteiger partial charge < -0.3 is 15.7 Å². The van der Waals surface area contributed by atoms with Crippen LogP contribution in [0.3, 0.4) is 0 Å². The van der Waals surface area contributed by atoms with E-state index in [4.69, 9.17) is 5.73 Å². The van der Waals surface area contributed by atoms with Crippen LogP contribution in [0.1, 0.15) is 29.3 Å². The number of imide groups is 1. The summed E-state index contributed by atoms with van der Waals surface area (Å²) in [5.74, 6) is -1.64. The first-order chi connectivity index (χ1) is 9.84. The Morgan fingerprint density at radius 2 is 2.10 bits per heavy atom. The standard InChI is InChI=1S/C14H15N3O4/c1-14(5-10(18)11(19)16-13(14)21)17-6-8-7(12(17)20)3-2-4-9(8)15/h2-4,10,18H,5-6,15H2,1H3,(H,16,19,21). The molecule has 2 aliphatic heterocycles. The summed E-state index contributed by atoms with van der Waals surface area (Å²) < 4.78 is 0. The Kier molecular flexibility index (Phi) is 2.77. The number of piperidine rings is 1. The summed E-state index contributed by atoms with van der Waals surface area (Å²) in [6.45, 7) is 1.73. The van der Waals surface area contributed by atoms with E-state index in [1.165, 1.54) is 11.8 Å². The van der Waals surface area contributed by atoms with Gasteiger partial charge in [-0.1, -0.05) is 6.07 Å². The van der Waals surface area contributed by atoms with Crippen LogP contribution in [0.25, 0.3) is 0 Å². The Morgan fingerprint density at radius 3 is 2.76 bits per heavy atom. The van der Waals surface area contributed by atoms with Gasteiger partial charge in [-0.2, -0.15) is 0 Å². The van der Waals surface area contributed by atoms with Gasteiger partial charge in [0, 0.05) is 29.8 Å². The summed E-state index contributed by atoms with van der Waals surface area (Å²) in [5.41, 5.74) is 6.20. The molecule has 0 aliphatic carbocycles. The number of benzene rings is 1. The van der Waals surface area contributed by atoms with Crippen LogP contribution in [-0.4, -0.2) is 39.4 Å². The van der Waals surface area contributed by atoms with Crippen LogP contribution in [0, 0.1) is 0 Å². The molecule has 1 aromatic rings. The van der Waals surface area contributed by atoms with E-state index in [2.05, 4.69) is 5.32 Å². The van der Waals surface area contributed by atoms with Gasteiger partial charge in [-0.05, 0) is 19.1 Å². The van der Waals surface area contributed by atoms with Crippen LogP contribution >= 0.6 is 0 Å². The molecule has 4 N–H and O–H groups in total. The third-order valence-electron chi connectivity index (χ3n) is 4.22. The lowest BCUT2D eigenvalue weighted by molar-refractivity contribution is -0.149. The van der Waals surface area contributed by atoms with Crippen molar-refractivity contribution in [1.82, 2.24) is 10.2 Å². The largest absolute Gasteiger partial charge is 0.398 e. The number of hydrogen-bond acceptors (Lipinski definition) is 5. The van der Waals surface area contributed by atoms with E-state index >= 15 is 0 Å². The van der Waals surface area contributed by atoms with Gasteiger partial charge in [0.05, 0.1) is 0 Å². The molecule has 2 unspecified atom stereocenters. The molecule has 2 heterocycles. The fourth-order valence-corrected chi connectivity index (χ4v) is 2.88. The quantitative estimate of drug-likeness (QED) is 0.471. The molecule has 110 valence electrons. The van der Waals surface area contributed by atoms with Crippen molar-refractivity contribution in [2.24, 2.45) is 0 Å². The molecule has 1 fully saturated rings. The van der Waals surface area contributed by atoms with Crippen LogP contribution in [0.4, 0.5) is 5.69 Å². The Balaban J connectivity index is 1.99. The number of fused-ring (bicyclic) bond motifs is 1. The highest BCUT2D eigenvalue weighted by molar-refractivity contribution is 6.08. The maximum Gasteiger partial charge on any atom is 0.255 e. The molecule has 1 saturated heterocycles. The number of hydrogen-bond donors (Lipinski definition) is 3. The highest BCUT2D eigenvalue weighted by atomic mass is 16.3. The van der Waals surface area contributed by atoms with E-state index in [9.17, 15) is 19.5 Å². The van der Waals surface area contributed by atoms with Crippen LogP contribution in [0.5, 0.6) is 0 Å². The number of carbonyl (C=O) groups is 3. The molecular formula is C14H15N3O4. The minimum atomic E-state index is -1.32. The Morgan fingerprint density at radius 1 is 1.38 bits per heavy atom. The minimum Gasteiger partial charge on any atom is -0.398 e. The van der Waals surface area contributed by atoms with Crippen LogP contribution in [0.2, 0.25) is 0 Å². The number of nitrogens with zero attached hydrogens (tertiary/aromatic N) is 1. The summed E-state index contributed by atoms with van der Waals surface area (Å²) in [6.07, 6.45) is -1.45. The molecule has 7 nitrogen and oxygen atoms in total. The predicted molar refractivity (Wildman–Crippen MR) is 72.9 cm³/mol. The lowest BCUT2D eigenvalue weighted by Gasteiger charge is -2.41. The lowest BCUT2D eigenvalue weighted by atomic mass is 9.87. The van der Waals surface area contributed by atoms with Gasteiger partial charge in [-0.15, -0.1) is 0 Å². The second kappa shape index (κ2) is 4.29.